The first-order valence-electron chi connectivity index (χ1n) is 9.07. The first-order valence-corrected chi connectivity index (χ1v) is 10.7. The van der Waals surface area contributed by atoms with Gasteiger partial charge in [0.2, 0.25) is 10.0 Å². The molecule has 4 nitrogen and oxygen atoms in total. The molecule has 0 amide bonds. The number of ketones is 1. The Morgan fingerprint density at radius 2 is 1.78 bits per heavy atom. The van der Waals surface area contributed by atoms with Crippen molar-refractivity contribution < 1.29 is 13.2 Å². The first kappa shape index (κ1) is 17.4. The molecule has 0 N–H and O–H groups in total. The van der Waals surface area contributed by atoms with Gasteiger partial charge in [-0.2, -0.15) is 4.31 Å². The maximum atomic E-state index is 13.3. The second kappa shape index (κ2) is 5.29. The van der Waals surface area contributed by atoms with E-state index in [2.05, 4.69) is 27.7 Å². The standard InChI is InChI=1S/C18H31NO3S/c1-12(2)13(3)19(15-6-7-15)23(21,22)11-18-9-8-14(10-16(18)20)17(18,4)5/h12-15H,6-11H2,1-5H3/t13-,14-,18-/m0/s1. The molecule has 0 unspecified atom stereocenters. The van der Waals surface area contributed by atoms with Crippen molar-refractivity contribution >= 4 is 15.8 Å². The molecule has 3 aliphatic carbocycles. The molecule has 132 valence electrons. The fourth-order valence-corrected chi connectivity index (χ4v) is 7.79. The van der Waals surface area contributed by atoms with E-state index >= 15 is 0 Å². The highest BCUT2D eigenvalue weighted by molar-refractivity contribution is 7.89. The number of carbonyl (C=O) groups excluding carboxylic acids is 1. The summed E-state index contributed by atoms with van der Waals surface area (Å²) in [7, 11) is -3.42. The van der Waals surface area contributed by atoms with Gasteiger partial charge in [0.15, 0.2) is 0 Å². The Hall–Kier alpha value is -0.420. The lowest BCUT2D eigenvalue weighted by atomic mass is 9.70. The van der Waals surface area contributed by atoms with Crippen LogP contribution in [0.4, 0.5) is 0 Å². The zero-order chi connectivity index (χ0) is 17.2. The third kappa shape index (κ3) is 2.50. The van der Waals surface area contributed by atoms with Crippen LogP contribution in [0.5, 0.6) is 0 Å². The van der Waals surface area contributed by atoms with Gasteiger partial charge >= 0.3 is 0 Å². The van der Waals surface area contributed by atoms with Gasteiger partial charge in [0.25, 0.3) is 0 Å². The smallest absolute Gasteiger partial charge is 0.215 e. The Balaban J connectivity index is 1.92. The zero-order valence-corrected chi connectivity index (χ0v) is 15.9. The van der Waals surface area contributed by atoms with Gasteiger partial charge in [-0.1, -0.05) is 27.7 Å². The Morgan fingerprint density at radius 1 is 1.17 bits per heavy atom. The molecule has 0 aliphatic heterocycles. The van der Waals surface area contributed by atoms with Crippen molar-refractivity contribution in [2.75, 3.05) is 5.75 Å². The van der Waals surface area contributed by atoms with Crippen molar-refractivity contribution in [1.82, 2.24) is 4.31 Å². The molecule has 0 aromatic carbocycles. The van der Waals surface area contributed by atoms with Crippen LogP contribution in [0.2, 0.25) is 0 Å². The van der Waals surface area contributed by atoms with Crippen LogP contribution in [0.25, 0.3) is 0 Å². The molecule has 0 aromatic rings. The maximum absolute atomic E-state index is 13.3. The summed E-state index contributed by atoms with van der Waals surface area (Å²) in [5.74, 6) is 0.861. The molecule has 0 radical (unpaired) electrons. The minimum atomic E-state index is -3.42. The maximum Gasteiger partial charge on any atom is 0.215 e. The van der Waals surface area contributed by atoms with Gasteiger partial charge in [-0.15, -0.1) is 0 Å². The summed E-state index contributed by atoms with van der Waals surface area (Å²) in [6.07, 6.45) is 4.24. The zero-order valence-electron chi connectivity index (χ0n) is 15.1. The van der Waals surface area contributed by atoms with E-state index in [9.17, 15) is 13.2 Å². The third-order valence-electron chi connectivity index (χ3n) is 7.16. The highest BCUT2D eigenvalue weighted by atomic mass is 32.2. The Morgan fingerprint density at radius 3 is 2.17 bits per heavy atom. The molecule has 3 saturated carbocycles. The summed E-state index contributed by atoms with van der Waals surface area (Å²) < 4.78 is 28.4. The number of rotatable bonds is 6. The van der Waals surface area contributed by atoms with Crippen LogP contribution in [-0.2, 0) is 14.8 Å². The van der Waals surface area contributed by atoms with E-state index < -0.39 is 15.4 Å². The molecule has 3 fully saturated rings. The van der Waals surface area contributed by atoms with Gasteiger partial charge in [-0.3, -0.25) is 4.79 Å². The number of sulfonamides is 1. The molecule has 3 atom stereocenters. The Kier molecular flexibility index (Phi) is 4.00. The SMILES string of the molecule is CC(C)[C@H](C)N(C1CC1)S(=O)(=O)C[C@@]12CC[C@@H](CC1=O)C2(C)C. The molecule has 5 heteroatoms. The second-order valence-corrected chi connectivity index (χ2v) is 10.8. The van der Waals surface area contributed by atoms with Gasteiger partial charge < -0.3 is 0 Å². The number of nitrogens with zero attached hydrogens (tertiary/aromatic N) is 1. The number of carbonyl (C=O) groups is 1. The average molecular weight is 342 g/mol. The molecule has 2 bridgehead atoms. The molecule has 0 heterocycles. The minimum Gasteiger partial charge on any atom is -0.299 e. The largest absolute Gasteiger partial charge is 0.299 e. The second-order valence-electron chi connectivity index (χ2n) is 8.97. The van der Waals surface area contributed by atoms with Gasteiger partial charge in [0.05, 0.1) is 5.75 Å². The average Bonchev–Trinajstić information content (AvgIpc) is 3.18. The number of Topliss-reactive ketones (excluding diaryl/α,β-unsaturated/α-hetero) is 1. The van der Waals surface area contributed by atoms with Gasteiger partial charge in [-0.05, 0) is 49.9 Å². The first-order chi connectivity index (χ1) is 10.5. The predicted octanol–water partition coefficient (Wildman–Crippen LogP) is 3.22. The summed E-state index contributed by atoms with van der Waals surface area (Å²) in [5, 5.41) is 0. The molecule has 0 spiro atoms. The van der Waals surface area contributed by atoms with Crippen molar-refractivity contribution in [2.24, 2.45) is 22.7 Å². The van der Waals surface area contributed by atoms with E-state index in [1.807, 2.05) is 6.92 Å². The monoisotopic (exact) mass is 341 g/mol. The quantitative estimate of drug-likeness (QED) is 0.745. The normalized spacial score (nSPS) is 34.6. The fraction of sp³-hybridized carbons (Fsp3) is 0.944. The van der Waals surface area contributed by atoms with Crippen LogP contribution < -0.4 is 0 Å². The van der Waals surface area contributed by atoms with E-state index in [-0.39, 0.29) is 35.0 Å². The van der Waals surface area contributed by atoms with E-state index in [4.69, 9.17) is 0 Å². The molecular weight excluding hydrogens is 310 g/mol. The van der Waals surface area contributed by atoms with Crippen LogP contribution in [0.15, 0.2) is 0 Å². The summed E-state index contributed by atoms with van der Waals surface area (Å²) in [5.41, 5.74) is -0.840. The van der Waals surface area contributed by atoms with E-state index in [1.54, 1.807) is 4.31 Å². The predicted molar refractivity (Wildman–Crippen MR) is 91.5 cm³/mol. The van der Waals surface area contributed by atoms with Gasteiger partial charge in [0.1, 0.15) is 5.78 Å². The molecule has 23 heavy (non-hydrogen) atoms. The highest BCUT2D eigenvalue weighted by Crippen LogP contribution is 2.64. The number of hydrogen-bond acceptors (Lipinski definition) is 3. The van der Waals surface area contributed by atoms with E-state index in [1.165, 1.54) is 0 Å². The van der Waals surface area contributed by atoms with Crippen molar-refractivity contribution in [3.8, 4) is 0 Å². The Labute approximate surface area is 141 Å². The van der Waals surface area contributed by atoms with Crippen molar-refractivity contribution in [3.63, 3.8) is 0 Å². The molecule has 0 saturated heterocycles. The lowest BCUT2D eigenvalue weighted by Crippen LogP contribution is -2.50. The third-order valence-corrected chi connectivity index (χ3v) is 9.29. The molecule has 3 aliphatic rings. The molecule has 3 rings (SSSR count). The van der Waals surface area contributed by atoms with Crippen LogP contribution >= 0.6 is 0 Å². The van der Waals surface area contributed by atoms with E-state index in [0.717, 1.165) is 25.7 Å². The summed E-state index contributed by atoms with van der Waals surface area (Å²) in [6, 6.07) is 0.159. The van der Waals surface area contributed by atoms with Crippen molar-refractivity contribution in [2.45, 2.75) is 78.8 Å². The van der Waals surface area contributed by atoms with E-state index in [0.29, 0.717) is 12.3 Å². The van der Waals surface area contributed by atoms with Crippen molar-refractivity contribution in [1.29, 1.82) is 0 Å². The van der Waals surface area contributed by atoms with Crippen molar-refractivity contribution in [3.05, 3.63) is 0 Å². The van der Waals surface area contributed by atoms with Gasteiger partial charge in [-0.25, -0.2) is 8.42 Å². The number of hydrogen-bond donors (Lipinski definition) is 0. The van der Waals surface area contributed by atoms with Crippen LogP contribution in [0, 0.1) is 22.7 Å². The fourth-order valence-electron chi connectivity index (χ4n) is 4.93. The van der Waals surface area contributed by atoms with Crippen LogP contribution in [0.3, 0.4) is 0 Å². The van der Waals surface area contributed by atoms with Crippen LogP contribution in [0.1, 0.15) is 66.7 Å². The molecular formula is C18H31NO3S. The summed E-state index contributed by atoms with van der Waals surface area (Å²) in [4.78, 5) is 12.7. The minimum absolute atomic E-state index is 0.000664. The van der Waals surface area contributed by atoms with Crippen LogP contribution in [-0.4, -0.2) is 36.3 Å². The highest BCUT2D eigenvalue weighted by Gasteiger charge is 2.66. The molecule has 0 aromatic heterocycles. The summed E-state index contributed by atoms with van der Waals surface area (Å²) in [6.45, 7) is 10.4. The topological polar surface area (TPSA) is 54.5 Å². The lowest BCUT2D eigenvalue weighted by Gasteiger charge is -2.39. The summed E-state index contributed by atoms with van der Waals surface area (Å²) >= 11 is 0. The lowest BCUT2D eigenvalue weighted by molar-refractivity contribution is -0.128. The number of fused-ring (bicyclic) bond motifs is 2. The Bertz CT molecular complexity index is 606. The van der Waals surface area contributed by atoms with Gasteiger partial charge in [0, 0.05) is 23.9 Å².